The summed E-state index contributed by atoms with van der Waals surface area (Å²) in [5, 5.41) is 2.53. The molecule has 1 heterocycles. The number of nitrogens with zero attached hydrogens (tertiary/aromatic N) is 2. The Hall–Kier alpha value is -3.19. The molecule has 6 nitrogen and oxygen atoms in total. The molecular formula is C22H25FN4O2. The van der Waals surface area contributed by atoms with Crippen LogP contribution in [-0.4, -0.2) is 27.6 Å². The Morgan fingerprint density at radius 1 is 1.24 bits per heavy atom. The van der Waals surface area contributed by atoms with E-state index in [1.165, 1.54) is 12.1 Å². The number of carbonyl (C=O) groups is 1. The van der Waals surface area contributed by atoms with Crippen LogP contribution in [0, 0.1) is 5.82 Å². The number of nitrogens with one attached hydrogen (secondary N) is 1. The highest BCUT2D eigenvalue weighted by Crippen LogP contribution is 2.21. The van der Waals surface area contributed by atoms with Crippen LogP contribution in [0.25, 0.3) is 0 Å². The summed E-state index contributed by atoms with van der Waals surface area (Å²) >= 11 is 0. The zero-order valence-corrected chi connectivity index (χ0v) is 16.5. The largest absolute Gasteiger partial charge is 0.491 e. The number of halogens is 1. The molecule has 0 bridgehead atoms. The monoisotopic (exact) mass is 396 g/mol. The maximum Gasteiger partial charge on any atom is 0.241 e. The normalized spacial score (nSPS) is 12.0. The first-order chi connectivity index (χ1) is 13.9. The molecule has 1 amide bonds. The summed E-state index contributed by atoms with van der Waals surface area (Å²) < 4.78 is 21.6. The number of nitrogens with two attached hydrogens (primary N) is 1. The Morgan fingerprint density at radius 2 is 2.00 bits per heavy atom. The number of anilines is 1. The lowest BCUT2D eigenvalue weighted by Crippen LogP contribution is -2.37. The second-order valence-corrected chi connectivity index (χ2v) is 7.13. The molecule has 0 aliphatic heterocycles. The van der Waals surface area contributed by atoms with Crippen LogP contribution in [0.4, 0.5) is 10.1 Å². The Balaban J connectivity index is 1.57. The van der Waals surface area contributed by atoms with Gasteiger partial charge in [0, 0.05) is 25.2 Å². The lowest BCUT2D eigenvalue weighted by molar-refractivity contribution is -0.117. The molecule has 152 valence electrons. The van der Waals surface area contributed by atoms with Crippen LogP contribution in [0.3, 0.4) is 0 Å². The highest BCUT2D eigenvalue weighted by atomic mass is 19.1. The van der Waals surface area contributed by atoms with Crippen LogP contribution in [0.15, 0.2) is 61.1 Å². The molecule has 3 aromatic rings. The Labute approximate surface area is 169 Å². The van der Waals surface area contributed by atoms with E-state index in [4.69, 9.17) is 10.5 Å². The summed E-state index contributed by atoms with van der Waals surface area (Å²) in [4.78, 5) is 16.7. The molecule has 29 heavy (non-hydrogen) atoms. The first kappa shape index (κ1) is 20.5. The molecule has 3 rings (SSSR count). The van der Waals surface area contributed by atoms with Crippen LogP contribution >= 0.6 is 0 Å². The zero-order valence-electron chi connectivity index (χ0n) is 16.5. The molecule has 1 atom stereocenters. The third-order valence-electron chi connectivity index (χ3n) is 4.23. The lowest BCUT2D eigenvalue weighted by Gasteiger charge is -2.14. The molecule has 0 aliphatic rings. The van der Waals surface area contributed by atoms with Gasteiger partial charge in [-0.3, -0.25) is 4.79 Å². The minimum atomic E-state index is -0.846. The average molecular weight is 396 g/mol. The van der Waals surface area contributed by atoms with Gasteiger partial charge in [-0.15, -0.1) is 0 Å². The molecular weight excluding hydrogens is 371 g/mol. The summed E-state index contributed by atoms with van der Waals surface area (Å²) in [6.45, 7) is 4.40. The summed E-state index contributed by atoms with van der Waals surface area (Å²) in [5.41, 5.74) is 7.91. The highest BCUT2D eigenvalue weighted by Gasteiger charge is 2.17. The summed E-state index contributed by atoms with van der Waals surface area (Å²) in [6.07, 6.45) is 3.76. The van der Waals surface area contributed by atoms with E-state index in [0.717, 1.165) is 5.56 Å². The second-order valence-electron chi connectivity index (χ2n) is 7.13. The van der Waals surface area contributed by atoms with Crippen LogP contribution < -0.4 is 15.8 Å². The maximum absolute atomic E-state index is 14.2. The van der Waals surface area contributed by atoms with E-state index >= 15 is 0 Å². The van der Waals surface area contributed by atoms with E-state index < -0.39 is 17.8 Å². The van der Waals surface area contributed by atoms with Crippen molar-refractivity contribution >= 4 is 11.6 Å². The quantitative estimate of drug-likeness (QED) is 0.612. The summed E-state index contributed by atoms with van der Waals surface area (Å²) in [7, 11) is 0. The minimum absolute atomic E-state index is 0.0649. The van der Waals surface area contributed by atoms with Gasteiger partial charge in [-0.25, -0.2) is 9.37 Å². The number of benzene rings is 2. The fourth-order valence-corrected chi connectivity index (χ4v) is 2.88. The van der Waals surface area contributed by atoms with Crippen LogP contribution in [0.2, 0.25) is 0 Å². The molecule has 0 saturated heterocycles. The van der Waals surface area contributed by atoms with E-state index in [1.54, 1.807) is 12.4 Å². The Morgan fingerprint density at radius 3 is 2.69 bits per heavy atom. The van der Waals surface area contributed by atoms with E-state index in [2.05, 4.69) is 10.3 Å². The van der Waals surface area contributed by atoms with Crippen molar-refractivity contribution in [2.75, 3.05) is 5.32 Å². The van der Waals surface area contributed by atoms with Crippen LogP contribution in [-0.2, 0) is 17.8 Å². The number of imidazole rings is 1. The molecule has 1 aromatic heterocycles. The van der Waals surface area contributed by atoms with E-state index in [0.29, 0.717) is 18.0 Å². The van der Waals surface area contributed by atoms with E-state index in [1.807, 2.05) is 54.9 Å². The molecule has 3 N–H and O–H groups in total. The van der Waals surface area contributed by atoms with Crippen molar-refractivity contribution in [1.29, 1.82) is 0 Å². The maximum atomic E-state index is 14.2. The molecule has 0 unspecified atom stereocenters. The van der Waals surface area contributed by atoms with Gasteiger partial charge in [0.15, 0.2) is 0 Å². The summed E-state index contributed by atoms with van der Waals surface area (Å²) in [5.74, 6) is -0.640. The first-order valence-electron chi connectivity index (χ1n) is 9.48. The topological polar surface area (TPSA) is 82.2 Å². The van der Waals surface area contributed by atoms with E-state index in [9.17, 15) is 9.18 Å². The molecule has 0 radical (unpaired) electrons. The highest BCUT2D eigenvalue weighted by molar-refractivity contribution is 5.95. The number of hydrogen-bond donors (Lipinski definition) is 2. The molecule has 0 fully saturated rings. The van der Waals surface area contributed by atoms with Gasteiger partial charge in [0.1, 0.15) is 11.6 Å². The van der Waals surface area contributed by atoms with Gasteiger partial charge in [-0.1, -0.05) is 30.3 Å². The number of amides is 1. The van der Waals surface area contributed by atoms with Gasteiger partial charge in [-0.2, -0.15) is 0 Å². The van der Waals surface area contributed by atoms with Crippen molar-refractivity contribution in [3.05, 3.63) is 78.1 Å². The molecule has 0 spiro atoms. The number of ether oxygens (including phenoxy) is 1. The predicted octanol–water partition coefficient (Wildman–Crippen LogP) is 3.37. The number of hydrogen-bond acceptors (Lipinski definition) is 4. The van der Waals surface area contributed by atoms with Crippen molar-refractivity contribution in [3.63, 3.8) is 0 Å². The van der Waals surface area contributed by atoms with Crippen molar-refractivity contribution in [3.8, 4) is 5.75 Å². The van der Waals surface area contributed by atoms with Gasteiger partial charge >= 0.3 is 0 Å². The first-order valence-corrected chi connectivity index (χ1v) is 9.48. The van der Waals surface area contributed by atoms with Crippen molar-refractivity contribution in [1.82, 2.24) is 9.55 Å². The van der Waals surface area contributed by atoms with Gasteiger partial charge in [0.05, 0.1) is 29.9 Å². The fourth-order valence-electron chi connectivity index (χ4n) is 2.88. The van der Waals surface area contributed by atoms with Gasteiger partial charge < -0.3 is 20.4 Å². The average Bonchev–Trinajstić information content (AvgIpc) is 3.11. The molecule has 0 aliphatic carbocycles. The smallest absolute Gasteiger partial charge is 0.241 e. The van der Waals surface area contributed by atoms with Gasteiger partial charge in [-0.05, 0) is 31.5 Å². The Bertz CT molecular complexity index is 956. The number of aromatic nitrogens is 2. The van der Waals surface area contributed by atoms with Crippen LogP contribution in [0.5, 0.6) is 5.75 Å². The Kier molecular flexibility index (Phi) is 6.61. The van der Waals surface area contributed by atoms with Crippen molar-refractivity contribution in [2.24, 2.45) is 5.73 Å². The van der Waals surface area contributed by atoms with Crippen molar-refractivity contribution < 1.29 is 13.9 Å². The zero-order chi connectivity index (χ0) is 20.8. The van der Waals surface area contributed by atoms with Crippen molar-refractivity contribution in [2.45, 2.75) is 39.0 Å². The SMILES string of the molecule is CC(C)Oc1ccc(NC(=O)[C@@H](N)Cc2cn(Cc3ccccc3)cn2)c(F)c1. The fraction of sp³-hybridized carbons (Fsp3) is 0.273. The minimum Gasteiger partial charge on any atom is -0.491 e. The molecule has 7 heteroatoms. The molecule has 0 saturated carbocycles. The predicted molar refractivity (Wildman–Crippen MR) is 110 cm³/mol. The third-order valence-corrected chi connectivity index (χ3v) is 4.23. The standard InChI is InChI=1S/C22H25FN4O2/c1-15(2)29-18-8-9-21(19(23)11-18)26-22(28)20(24)10-17-13-27(14-25-17)12-16-6-4-3-5-7-16/h3-9,11,13-15,20H,10,12,24H2,1-2H3,(H,26,28)/t20-/m0/s1. The number of carbonyl (C=O) groups excluding carboxylic acids is 1. The number of rotatable bonds is 8. The van der Waals surface area contributed by atoms with Gasteiger partial charge in [0.25, 0.3) is 0 Å². The lowest BCUT2D eigenvalue weighted by atomic mass is 10.1. The second kappa shape index (κ2) is 9.34. The summed E-state index contributed by atoms with van der Waals surface area (Å²) in [6, 6.07) is 13.5. The third kappa shape index (κ3) is 5.89. The van der Waals surface area contributed by atoms with Crippen LogP contribution in [0.1, 0.15) is 25.1 Å². The van der Waals surface area contributed by atoms with E-state index in [-0.39, 0.29) is 18.2 Å². The van der Waals surface area contributed by atoms with Gasteiger partial charge in [0.2, 0.25) is 5.91 Å². The molecule has 2 aromatic carbocycles.